The molecule has 3 aromatic heterocycles. The van der Waals surface area contributed by atoms with E-state index in [1.165, 1.54) is 11.3 Å². The molecule has 4 rings (SSSR count). The number of aromatic nitrogens is 3. The van der Waals surface area contributed by atoms with Crippen LogP contribution in [0, 0.1) is 6.92 Å². The third-order valence-corrected chi connectivity index (χ3v) is 5.40. The molecule has 4 aromatic rings. The predicted octanol–water partition coefficient (Wildman–Crippen LogP) is 3.74. The summed E-state index contributed by atoms with van der Waals surface area (Å²) in [6.45, 7) is 3.91. The molecule has 1 N–H and O–H groups in total. The third kappa shape index (κ3) is 2.35. The molecule has 24 heavy (non-hydrogen) atoms. The van der Waals surface area contributed by atoms with Gasteiger partial charge in [-0.25, -0.2) is 0 Å². The molecule has 0 aliphatic heterocycles. The van der Waals surface area contributed by atoms with Gasteiger partial charge < -0.3 is 5.32 Å². The quantitative estimate of drug-likeness (QED) is 0.620. The van der Waals surface area contributed by atoms with E-state index in [2.05, 4.69) is 15.5 Å². The minimum Gasteiger partial charge on any atom is -0.342 e. The monoisotopic (exact) mass is 336 g/mol. The SMILES string of the molecule is Cc1c(C(=O)NC(C)c2nnc3ccccn23)sc2ccccc12. The number of hydrogen-bond acceptors (Lipinski definition) is 4. The van der Waals surface area contributed by atoms with Gasteiger partial charge in [-0.05, 0) is 43.0 Å². The molecule has 120 valence electrons. The van der Waals surface area contributed by atoms with Gasteiger partial charge in [-0.1, -0.05) is 24.3 Å². The molecule has 1 unspecified atom stereocenters. The Morgan fingerprint density at radius 3 is 2.79 bits per heavy atom. The summed E-state index contributed by atoms with van der Waals surface area (Å²) in [5, 5.41) is 12.5. The lowest BCUT2D eigenvalue weighted by Gasteiger charge is -2.12. The van der Waals surface area contributed by atoms with Crippen molar-refractivity contribution in [2.24, 2.45) is 0 Å². The van der Waals surface area contributed by atoms with Crippen LogP contribution in [0.1, 0.15) is 34.0 Å². The summed E-state index contributed by atoms with van der Waals surface area (Å²) in [6.07, 6.45) is 1.90. The maximum absolute atomic E-state index is 12.7. The molecule has 1 aromatic carbocycles. The number of nitrogens with one attached hydrogen (secondary N) is 1. The molecule has 0 radical (unpaired) electrons. The van der Waals surface area contributed by atoms with E-state index in [0.29, 0.717) is 0 Å². The number of fused-ring (bicyclic) bond motifs is 2. The third-order valence-electron chi connectivity index (χ3n) is 4.12. The second-order valence-electron chi connectivity index (χ2n) is 5.73. The van der Waals surface area contributed by atoms with Gasteiger partial charge in [0, 0.05) is 10.9 Å². The van der Waals surface area contributed by atoms with Crippen molar-refractivity contribution in [3.63, 3.8) is 0 Å². The van der Waals surface area contributed by atoms with Crippen molar-refractivity contribution in [2.45, 2.75) is 19.9 Å². The fourth-order valence-corrected chi connectivity index (χ4v) is 3.99. The first-order valence-corrected chi connectivity index (χ1v) is 8.55. The number of carbonyl (C=O) groups is 1. The number of rotatable bonds is 3. The van der Waals surface area contributed by atoms with Gasteiger partial charge in [0.2, 0.25) is 0 Å². The van der Waals surface area contributed by atoms with Crippen LogP contribution in [0.25, 0.3) is 15.7 Å². The minimum atomic E-state index is -0.237. The van der Waals surface area contributed by atoms with Crippen LogP contribution in [0.2, 0.25) is 0 Å². The summed E-state index contributed by atoms with van der Waals surface area (Å²) >= 11 is 1.52. The van der Waals surface area contributed by atoms with Crippen LogP contribution in [-0.2, 0) is 0 Å². The lowest BCUT2D eigenvalue weighted by molar-refractivity contribution is 0.0942. The van der Waals surface area contributed by atoms with Crippen molar-refractivity contribution in [3.05, 3.63) is 64.9 Å². The standard InChI is InChI=1S/C18H16N4OS/c1-11-13-7-3-4-8-14(13)24-16(11)18(23)19-12(2)17-21-20-15-9-5-6-10-22(15)17/h3-10,12H,1-2H3,(H,19,23). The van der Waals surface area contributed by atoms with Crippen LogP contribution < -0.4 is 5.32 Å². The van der Waals surface area contributed by atoms with Gasteiger partial charge in [-0.2, -0.15) is 0 Å². The van der Waals surface area contributed by atoms with E-state index in [9.17, 15) is 4.79 Å². The first kappa shape index (κ1) is 14.8. The van der Waals surface area contributed by atoms with Crippen LogP contribution in [0.15, 0.2) is 48.7 Å². The first-order chi connectivity index (χ1) is 11.6. The number of aryl methyl sites for hydroxylation is 1. The maximum Gasteiger partial charge on any atom is 0.262 e. The Balaban J connectivity index is 1.64. The summed E-state index contributed by atoms with van der Waals surface area (Å²) < 4.78 is 3.02. The van der Waals surface area contributed by atoms with Crippen LogP contribution >= 0.6 is 11.3 Å². The van der Waals surface area contributed by atoms with Crippen molar-refractivity contribution in [2.75, 3.05) is 0 Å². The Hall–Kier alpha value is -2.73. The van der Waals surface area contributed by atoms with Crippen molar-refractivity contribution in [1.82, 2.24) is 19.9 Å². The van der Waals surface area contributed by atoms with Crippen LogP contribution in [0.4, 0.5) is 0 Å². The van der Waals surface area contributed by atoms with Gasteiger partial charge in [-0.15, -0.1) is 21.5 Å². The van der Waals surface area contributed by atoms with Gasteiger partial charge in [0.15, 0.2) is 11.5 Å². The largest absolute Gasteiger partial charge is 0.342 e. The predicted molar refractivity (Wildman–Crippen MR) is 95.4 cm³/mol. The summed E-state index contributed by atoms with van der Waals surface area (Å²) in [5.74, 6) is 0.645. The summed E-state index contributed by atoms with van der Waals surface area (Å²) in [4.78, 5) is 13.5. The number of nitrogens with zero attached hydrogens (tertiary/aromatic N) is 3. The van der Waals surface area contributed by atoms with Crippen molar-refractivity contribution >= 4 is 33.0 Å². The Bertz CT molecular complexity index is 1050. The molecule has 6 heteroatoms. The number of carbonyl (C=O) groups excluding carboxylic acids is 1. The number of hydrogen-bond donors (Lipinski definition) is 1. The van der Waals surface area contributed by atoms with Crippen LogP contribution in [0.3, 0.4) is 0 Å². The minimum absolute atomic E-state index is 0.0751. The fourth-order valence-electron chi connectivity index (χ4n) is 2.87. The molecule has 0 saturated heterocycles. The Labute approximate surface area is 143 Å². The molecular formula is C18H16N4OS. The fraction of sp³-hybridized carbons (Fsp3) is 0.167. The summed E-state index contributed by atoms with van der Waals surface area (Å²) in [5.41, 5.74) is 1.79. The molecule has 5 nitrogen and oxygen atoms in total. The van der Waals surface area contributed by atoms with E-state index >= 15 is 0 Å². The highest BCUT2D eigenvalue weighted by Crippen LogP contribution is 2.30. The smallest absolute Gasteiger partial charge is 0.262 e. The lowest BCUT2D eigenvalue weighted by Crippen LogP contribution is -2.27. The second kappa shape index (κ2) is 5.72. The van der Waals surface area contributed by atoms with E-state index in [1.807, 2.05) is 66.9 Å². The average molecular weight is 336 g/mol. The molecule has 0 aliphatic rings. The van der Waals surface area contributed by atoms with E-state index in [1.54, 1.807) is 0 Å². The molecule has 0 bridgehead atoms. The average Bonchev–Trinajstić information content (AvgIpc) is 3.17. The van der Waals surface area contributed by atoms with E-state index < -0.39 is 0 Å². The second-order valence-corrected chi connectivity index (χ2v) is 6.79. The van der Waals surface area contributed by atoms with Gasteiger partial charge in [-0.3, -0.25) is 9.20 Å². The van der Waals surface area contributed by atoms with Crippen molar-refractivity contribution in [1.29, 1.82) is 0 Å². The highest BCUT2D eigenvalue weighted by Gasteiger charge is 2.20. The molecule has 1 amide bonds. The molecule has 1 atom stereocenters. The number of benzene rings is 1. The number of amides is 1. The van der Waals surface area contributed by atoms with Crippen molar-refractivity contribution in [3.8, 4) is 0 Å². The topological polar surface area (TPSA) is 59.3 Å². The van der Waals surface area contributed by atoms with Crippen LogP contribution in [-0.4, -0.2) is 20.5 Å². The van der Waals surface area contributed by atoms with Gasteiger partial charge in [0.1, 0.15) is 0 Å². The number of pyridine rings is 1. The normalized spacial score (nSPS) is 12.6. The number of thiophene rings is 1. The molecular weight excluding hydrogens is 320 g/mol. The highest BCUT2D eigenvalue weighted by atomic mass is 32.1. The van der Waals surface area contributed by atoms with Crippen molar-refractivity contribution < 1.29 is 4.79 Å². The summed E-state index contributed by atoms with van der Waals surface area (Å²) in [6, 6.07) is 13.6. The Kier molecular flexibility index (Phi) is 3.54. The molecule has 3 heterocycles. The maximum atomic E-state index is 12.7. The van der Waals surface area contributed by atoms with E-state index in [-0.39, 0.29) is 11.9 Å². The molecule has 0 aliphatic carbocycles. The zero-order valence-electron chi connectivity index (χ0n) is 13.4. The van der Waals surface area contributed by atoms with Gasteiger partial charge in [0.05, 0.1) is 10.9 Å². The van der Waals surface area contributed by atoms with E-state index in [0.717, 1.165) is 32.0 Å². The zero-order chi connectivity index (χ0) is 16.7. The molecule has 0 saturated carbocycles. The lowest BCUT2D eigenvalue weighted by atomic mass is 10.1. The van der Waals surface area contributed by atoms with Crippen LogP contribution in [0.5, 0.6) is 0 Å². The van der Waals surface area contributed by atoms with E-state index in [4.69, 9.17) is 0 Å². The molecule has 0 spiro atoms. The van der Waals surface area contributed by atoms with Gasteiger partial charge >= 0.3 is 0 Å². The Morgan fingerprint density at radius 1 is 1.17 bits per heavy atom. The van der Waals surface area contributed by atoms with Gasteiger partial charge in [0.25, 0.3) is 5.91 Å². The zero-order valence-corrected chi connectivity index (χ0v) is 14.2. The molecule has 0 fully saturated rings. The summed E-state index contributed by atoms with van der Waals surface area (Å²) in [7, 11) is 0. The highest BCUT2D eigenvalue weighted by molar-refractivity contribution is 7.21. The Morgan fingerprint density at radius 2 is 1.96 bits per heavy atom. The first-order valence-electron chi connectivity index (χ1n) is 7.74.